The van der Waals surface area contributed by atoms with Crippen molar-refractivity contribution < 1.29 is 4.79 Å². The largest absolute Gasteiger partial charge is 0.355 e. The molecule has 32 heavy (non-hydrogen) atoms. The SMILES string of the molecule is CCc1cccc(C)c1NC(=O)C1CCN(c2ccc(=O)n(-c3cccc(Cl)c3)n2)CC1. The van der Waals surface area contributed by atoms with Gasteiger partial charge in [0.15, 0.2) is 0 Å². The zero-order valence-electron chi connectivity index (χ0n) is 18.3. The summed E-state index contributed by atoms with van der Waals surface area (Å²) in [6.45, 7) is 5.52. The minimum atomic E-state index is -0.213. The number of hydrogen-bond acceptors (Lipinski definition) is 4. The molecule has 0 radical (unpaired) electrons. The van der Waals surface area contributed by atoms with E-state index in [9.17, 15) is 9.59 Å². The Bertz CT molecular complexity index is 1180. The second-order valence-corrected chi connectivity index (χ2v) is 8.57. The van der Waals surface area contributed by atoms with Crippen LogP contribution >= 0.6 is 11.6 Å². The van der Waals surface area contributed by atoms with Crippen LogP contribution in [0.15, 0.2) is 59.4 Å². The van der Waals surface area contributed by atoms with Crippen molar-refractivity contribution in [1.82, 2.24) is 9.78 Å². The van der Waals surface area contributed by atoms with Crippen molar-refractivity contribution >= 4 is 29.0 Å². The molecule has 0 bridgehead atoms. The van der Waals surface area contributed by atoms with E-state index in [-0.39, 0.29) is 17.4 Å². The third kappa shape index (κ3) is 4.70. The van der Waals surface area contributed by atoms with Crippen molar-refractivity contribution in [3.05, 3.63) is 81.1 Å². The summed E-state index contributed by atoms with van der Waals surface area (Å²) in [5.41, 5.74) is 3.60. The number of aromatic nitrogens is 2. The normalized spacial score (nSPS) is 14.4. The summed E-state index contributed by atoms with van der Waals surface area (Å²) < 4.78 is 1.37. The fourth-order valence-electron chi connectivity index (χ4n) is 4.16. The molecule has 0 aliphatic carbocycles. The van der Waals surface area contributed by atoms with Crippen LogP contribution < -0.4 is 15.8 Å². The molecular weight excluding hydrogens is 424 g/mol. The molecule has 7 heteroatoms. The van der Waals surface area contributed by atoms with Gasteiger partial charge in [-0.05, 0) is 61.6 Å². The van der Waals surface area contributed by atoms with Gasteiger partial charge in [0.25, 0.3) is 5.56 Å². The summed E-state index contributed by atoms with van der Waals surface area (Å²) in [5.74, 6) is 0.746. The molecule has 2 aromatic carbocycles. The average molecular weight is 451 g/mol. The van der Waals surface area contributed by atoms with Crippen molar-refractivity contribution in [1.29, 1.82) is 0 Å². The van der Waals surface area contributed by atoms with E-state index >= 15 is 0 Å². The topological polar surface area (TPSA) is 67.2 Å². The number of anilines is 2. The van der Waals surface area contributed by atoms with Gasteiger partial charge in [-0.3, -0.25) is 9.59 Å². The number of rotatable bonds is 5. The maximum Gasteiger partial charge on any atom is 0.271 e. The molecule has 1 aromatic heterocycles. The highest BCUT2D eigenvalue weighted by Gasteiger charge is 2.26. The predicted molar refractivity (Wildman–Crippen MR) is 129 cm³/mol. The van der Waals surface area contributed by atoms with Crippen LogP contribution in [0.4, 0.5) is 11.5 Å². The monoisotopic (exact) mass is 450 g/mol. The number of amides is 1. The van der Waals surface area contributed by atoms with E-state index in [1.54, 1.807) is 30.3 Å². The third-order valence-electron chi connectivity index (χ3n) is 6.02. The number of halogens is 1. The molecule has 1 saturated heterocycles. The van der Waals surface area contributed by atoms with Gasteiger partial charge in [-0.25, -0.2) is 0 Å². The van der Waals surface area contributed by atoms with Crippen LogP contribution in [-0.2, 0) is 11.2 Å². The minimum absolute atomic E-state index is 0.0469. The first-order valence-electron chi connectivity index (χ1n) is 11.0. The van der Waals surface area contributed by atoms with E-state index in [4.69, 9.17) is 11.6 Å². The van der Waals surface area contributed by atoms with Gasteiger partial charge in [0.2, 0.25) is 5.91 Å². The van der Waals surface area contributed by atoms with Gasteiger partial charge >= 0.3 is 0 Å². The molecule has 2 heterocycles. The molecule has 0 saturated carbocycles. The van der Waals surface area contributed by atoms with Crippen molar-refractivity contribution in [3.63, 3.8) is 0 Å². The van der Waals surface area contributed by atoms with Crippen molar-refractivity contribution in [2.24, 2.45) is 5.92 Å². The zero-order valence-corrected chi connectivity index (χ0v) is 19.1. The van der Waals surface area contributed by atoms with Crippen LogP contribution in [0.1, 0.15) is 30.9 Å². The molecule has 1 amide bonds. The Morgan fingerprint density at radius 2 is 1.88 bits per heavy atom. The Hall–Kier alpha value is -3.12. The van der Waals surface area contributed by atoms with Gasteiger partial charge in [-0.15, -0.1) is 5.10 Å². The Morgan fingerprint density at radius 3 is 2.59 bits per heavy atom. The number of carbonyl (C=O) groups is 1. The summed E-state index contributed by atoms with van der Waals surface area (Å²) in [6.07, 6.45) is 2.35. The van der Waals surface area contributed by atoms with E-state index in [2.05, 4.69) is 28.3 Å². The lowest BCUT2D eigenvalue weighted by atomic mass is 9.95. The van der Waals surface area contributed by atoms with E-state index < -0.39 is 0 Å². The summed E-state index contributed by atoms with van der Waals surface area (Å²) in [7, 11) is 0. The molecule has 1 aliphatic heterocycles. The van der Waals surface area contributed by atoms with Gasteiger partial charge in [0.05, 0.1) is 5.69 Å². The number of aryl methyl sites for hydroxylation is 2. The van der Waals surface area contributed by atoms with Crippen molar-refractivity contribution in [3.8, 4) is 5.69 Å². The van der Waals surface area contributed by atoms with Crippen molar-refractivity contribution in [2.75, 3.05) is 23.3 Å². The van der Waals surface area contributed by atoms with E-state index in [0.717, 1.165) is 41.9 Å². The summed E-state index contributed by atoms with van der Waals surface area (Å²) in [4.78, 5) is 27.4. The average Bonchev–Trinajstić information content (AvgIpc) is 2.80. The Labute approximate surface area is 192 Å². The Balaban J connectivity index is 1.45. The highest BCUT2D eigenvalue weighted by molar-refractivity contribution is 6.30. The molecule has 0 spiro atoms. The quantitative estimate of drug-likeness (QED) is 0.616. The molecule has 0 atom stereocenters. The fourth-order valence-corrected chi connectivity index (χ4v) is 4.35. The van der Waals surface area contributed by atoms with E-state index in [1.807, 2.05) is 19.1 Å². The molecule has 1 fully saturated rings. The van der Waals surface area contributed by atoms with Gasteiger partial charge < -0.3 is 10.2 Å². The van der Waals surface area contributed by atoms with E-state index in [0.29, 0.717) is 23.8 Å². The molecule has 0 unspecified atom stereocenters. The van der Waals surface area contributed by atoms with E-state index in [1.165, 1.54) is 10.7 Å². The van der Waals surface area contributed by atoms with Crippen LogP contribution in [-0.4, -0.2) is 28.8 Å². The summed E-state index contributed by atoms with van der Waals surface area (Å²) in [5, 5.41) is 8.27. The third-order valence-corrected chi connectivity index (χ3v) is 6.25. The highest BCUT2D eigenvalue weighted by Crippen LogP contribution is 2.26. The number of nitrogens with zero attached hydrogens (tertiary/aromatic N) is 3. The molecule has 1 N–H and O–H groups in total. The number of benzene rings is 2. The highest BCUT2D eigenvalue weighted by atomic mass is 35.5. The number of carbonyl (C=O) groups excluding carboxylic acids is 1. The van der Waals surface area contributed by atoms with Crippen molar-refractivity contribution in [2.45, 2.75) is 33.1 Å². The number of piperidine rings is 1. The predicted octanol–water partition coefficient (Wildman–Crippen LogP) is 4.61. The maximum atomic E-state index is 12.9. The molecule has 3 aromatic rings. The number of hydrogen-bond donors (Lipinski definition) is 1. The minimum Gasteiger partial charge on any atom is -0.355 e. The lowest BCUT2D eigenvalue weighted by Crippen LogP contribution is -2.39. The van der Waals surface area contributed by atoms with Gasteiger partial charge in [0, 0.05) is 35.8 Å². The first-order valence-corrected chi connectivity index (χ1v) is 11.3. The maximum absolute atomic E-state index is 12.9. The standard InChI is InChI=1S/C25H27ClN4O2/c1-3-18-7-4-6-17(2)24(18)27-25(32)19-12-14-29(15-13-19)22-10-11-23(31)30(28-22)21-9-5-8-20(26)16-21/h4-11,16,19H,3,12-15H2,1-2H3,(H,27,32). The van der Waals surface area contributed by atoms with Gasteiger partial charge in [-0.2, -0.15) is 4.68 Å². The molecule has 6 nitrogen and oxygen atoms in total. The molecule has 4 rings (SSSR count). The van der Waals surface area contributed by atoms with Crippen LogP contribution in [0.2, 0.25) is 5.02 Å². The first kappa shape index (κ1) is 22.1. The molecule has 1 aliphatic rings. The van der Waals surface area contributed by atoms with Gasteiger partial charge in [-0.1, -0.05) is 42.8 Å². The summed E-state index contributed by atoms with van der Waals surface area (Å²) >= 11 is 6.08. The van der Waals surface area contributed by atoms with Gasteiger partial charge in [0.1, 0.15) is 5.82 Å². The number of nitrogens with one attached hydrogen (secondary N) is 1. The zero-order chi connectivity index (χ0) is 22.7. The van der Waals surface area contributed by atoms with Crippen LogP contribution in [0, 0.1) is 12.8 Å². The summed E-state index contributed by atoms with van der Waals surface area (Å²) in [6, 6.07) is 16.4. The molecule has 166 valence electrons. The lowest BCUT2D eigenvalue weighted by molar-refractivity contribution is -0.120. The molecular formula is C25H27ClN4O2. The second-order valence-electron chi connectivity index (χ2n) is 8.13. The number of para-hydroxylation sites is 1. The Morgan fingerprint density at radius 1 is 1.12 bits per heavy atom. The van der Waals surface area contributed by atoms with Crippen LogP contribution in [0.5, 0.6) is 0 Å². The fraction of sp³-hybridized carbons (Fsp3) is 0.320. The van der Waals surface area contributed by atoms with Crippen LogP contribution in [0.3, 0.4) is 0 Å². The van der Waals surface area contributed by atoms with Crippen LogP contribution in [0.25, 0.3) is 5.69 Å². The smallest absolute Gasteiger partial charge is 0.271 e. The Kier molecular flexibility index (Phi) is 6.61. The lowest BCUT2D eigenvalue weighted by Gasteiger charge is -2.32. The first-order chi connectivity index (χ1) is 15.5. The second kappa shape index (κ2) is 9.57.